The van der Waals surface area contributed by atoms with Gasteiger partial charge >= 0.3 is 0 Å². The van der Waals surface area contributed by atoms with E-state index >= 15 is 0 Å². The second-order valence-electron chi connectivity index (χ2n) is 12.0. The van der Waals surface area contributed by atoms with Crippen molar-refractivity contribution in [3.05, 3.63) is 112 Å². The van der Waals surface area contributed by atoms with Gasteiger partial charge in [-0.25, -0.2) is 0 Å². The standard InChI is InChI=1S/C37H43ClN6O2/c1-25-3-7-29(8-4-25)26(2)42-23-32-12-14-35(46-32)30-9-13-34(38)33(21-30)37(45)44-36(43-31-10-5-28(22-39)6-11-31)24-41-20-17-27-15-18-40-19-16-27/h3-14,21,26-27,36,40-43H,15-20,23-24H2,1-2H3,(H,44,45). The Morgan fingerprint density at radius 1 is 1.04 bits per heavy atom. The number of amides is 1. The zero-order chi connectivity index (χ0) is 32.3. The number of aryl methyl sites for hydroxylation is 1. The first-order chi connectivity index (χ1) is 22.4. The molecule has 1 amide bonds. The summed E-state index contributed by atoms with van der Waals surface area (Å²) in [5, 5.41) is 26.5. The lowest BCUT2D eigenvalue weighted by molar-refractivity contribution is 0.0941. The fourth-order valence-corrected chi connectivity index (χ4v) is 5.85. The summed E-state index contributed by atoms with van der Waals surface area (Å²) in [6, 6.07) is 27.2. The molecule has 1 aliphatic rings. The number of nitrogens with one attached hydrogen (secondary N) is 5. The van der Waals surface area contributed by atoms with Gasteiger partial charge in [0.15, 0.2) is 0 Å². The lowest BCUT2D eigenvalue weighted by atomic mass is 9.95. The third-order valence-corrected chi connectivity index (χ3v) is 8.84. The van der Waals surface area contributed by atoms with E-state index in [0.717, 1.165) is 43.1 Å². The van der Waals surface area contributed by atoms with Gasteiger partial charge in [0.05, 0.1) is 28.8 Å². The highest BCUT2D eigenvalue weighted by Gasteiger charge is 2.19. The number of halogens is 1. The van der Waals surface area contributed by atoms with Crippen LogP contribution in [-0.4, -0.2) is 38.3 Å². The minimum Gasteiger partial charge on any atom is -0.460 e. The zero-order valence-electron chi connectivity index (χ0n) is 26.5. The topological polar surface area (TPSA) is 114 Å². The maximum Gasteiger partial charge on any atom is 0.254 e. The molecule has 5 rings (SSSR count). The van der Waals surface area contributed by atoms with Gasteiger partial charge in [0.1, 0.15) is 17.7 Å². The van der Waals surface area contributed by atoms with Crippen molar-refractivity contribution in [2.24, 2.45) is 5.92 Å². The molecule has 0 bridgehead atoms. The number of furan rings is 1. The zero-order valence-corrected chi connectivity index (χ0v) is 27.3. The number of hydrogen-bond acceptors (Lipinski definition) is 7. The number of piperidine rings is 1. The number of carbonyl (C=O) groups excluding carboxylic acids is 1. The fourth-order valence-electron chi connectivity index (χ4n) is 5.65. The Balaban J connectivity index is 1.22. The van der Waals surface area contributed by atoms with Crippen molar-refractivity contribution in [1.82, 2.24) is 21.3 Å². The van der Waals surface area contributed by atoms with E-state index in [2.05, 4.69) is 70.8 Å². The Kier molecular flexibility index (Phi) is 11.9. The van der Waals surface area contributed by atoms with Crippen molar-refractivity contribution in [3.63, 3.8) is 0 Å². The van der Waals surface area contributed by atoms with Crippen LogP contribution in [0.25, 0.3) is 11.3 Å². The van der Waals surface area contributed by atoms with Crippen molar-refractivity contribution in [2.45, 2.75) is 51.9 Å². The molecule has 1 fully saturated rings. The maximum atomic E-state index is 13.6. The lowest BCUT2D eigenvalue weighted by Crippen LogP contribution is -2.47. The molecule has 8 nitrogen and oxygen atoms in total. The number of hydrogen-bond donors (Lipinski definition) is 5. The predicted molar refractivity (Wildman–Crippen MR) is 185 cm³/mol. The highest BCUT2D eigenvalue weighted by Crippen LogP contribution is 2.27. The Morgan fingerprint density at radius 3 is 2.54 bits per heavy atom. The minimum atomic E-state index is -0.412. The number of anilines is 1. The van der Waals surface area contributed by atoms with Gasteiger partial charge in [-0.1, -0.05) is 41.4 Å². The molecular weight excluding hydrogens is 596 g/mol. The summed E-state index contributed by atoms with van der Waals surface area (Å²) in [5.41, 5.74) is 4.97. The average Bonchev–Trinajstić information content (AvgIpc) is 3.56. The van der Waals surface area contributed by atoms with Crippen LogP contribution in [0.1, 0.15) is 65.0 Å². The number of benzene rings is 3. The molecule has 240 valence electrons. The Hall–Kier alpha value is -4.13. The van der Waals surface area contributed by atoms with Gasteiger partial charge in [-0.05, 0) is 119 Å². The monoisotopic (exact) mass is 638 g/mol. The summed E-state index contributed by atoms with van der Waals surface area (Å²) in [5.74, 6) is 1.89. The molecule has 2 atom stereocenters. The van der Waals surface area contributed by atoms with E-state index in [4.69, 9.17) is 16.0 Å². The van der Waals surface area contributed by atoms with Crippen LogP contribution in [0, 0.1) is 24.2 Å². The Morgan fingerprint density at radius 2 is 1.80 bits per heavy atom. The molecule has 1 aromatic heterocycles. The van der Waals surface area contributed by atoms with Crippen molar-refractivity contribution < 1.29 is 9.21 Å². The molecule has 3 aromatic carbocycles. The number of rotatable bonds is 14. The molecule has 9 heteroatoms. The summed E-state index contributed by atoms with van der Waals surface area (Å²) in [7, 11) is 0. The second-order valence-corrected chi connectivity index (χ2v) is 12.4. The molecule has 46 heavy (non-hydrogen) atoms. The van der Waals surface area contributed by atoms with E-state index in [1.165, 1.54) is 24.0 Å². The van der Waals surface area contributed by atoms with Gasteiger partial charge in [0.2, 0.25) is 0 Å². The van der Waals surface area contributed by atoms with Crippen LogP contribution in [0.15, 0.2) is 83.3 Å². The molecule has 4 aromatic rings. The van der Waals surface area contributed by atoms with Crippen LogP contribution in [0.4, 0.5) is 5.69 Å². The van der Waals surface area contributed by atoms with Crippen LogP contribution in [-0.2, 0) is 6.54 Å². The SMILES string of the molecule is Cc1ccc(C(C)NCc2ccc(-c3ccc(Cl)c(C(=O)NC(CNCCC4CCNCC4)Nc4ccc(C#N)cc4)c3)o2)cc1. The van der Waals surface area contributed by atoms with Crippen LogP contribution in [0.2, 0.25) is 5.02 Å². The first kappa shape index (κ1) is 33.2. The summed E-state index contributed by atoms with van der Waals surface area (Å²) >= 11 is 6.55. The van der Waals surface area contributed by atoms with E-state index in [1.807, 2.05) is 30.3 Å². The first-order valence-electron chi connectivity index (χ1n) is 16.1. The summed E-state index contributed by atoms with van der Waals surface area (Å²) < 4.78 is 6.16. The predicted octanol–water partition coefficient (Wildman–Crippen LogP) is 6.78. The molecule has 0 spiro atoms. The third kappa shape index (κ3) is 9.44. The molecule has 0 saturated carbocycles. The molecular formula is C37H43ClN6O2. The lowest BCUT2D eigenvalue weighted by Gasteiger charge is -2.25. The van der Waals surface area contributed by atoms with Crippen LogP contribution in [0.3, 0.4) is 0 Å². The van der Waals surface area contributed by atoms with Crippen molar-refractivity contribution in [1.29, 1.82) is 5.26 Å². The van der Waals surface area contributed by atoms with Gasteiger partial charge in [0, 0.05) is 23.8 Å². The highest BCUT2D eigenvalue weighted by molar-refractivity contribution is 6.34. The molecule has 1 saturated heterocycles. The van der Waals surface area contributed by atoms with Crippen LogP contribution >= 0.6 is 11.6 Å². The van der Waals surface area contributed by atoms with Gasteiger partial charge in [-0.3, -0.25) is 4.79 Å². The van der Waals surface area contributed by atoms with E-state index in [0.29, 0.717) is 40.9 Å². The summed E-state index contributed by atoms with van der Waals surface area (Å²) in [4.78, 5) is 13.6. The average molecular weight is 639 g/mol. The van der Waals surface area contributed by atoms with E-state index < -0.39 is 6.17 Å². The quantitative estimate of drug-likeness (QED) is 0.0764. The third-order valence-electron chi connectivity index (χ3n) is 8.51. The van der Waals surface area contributed by atoms with Crippen molar-refractivity contribution in [2.75, 3.05) is 31.5 Å². The number of nitriles is 1. The van der Waals surface area contributed by atoms with Crippen LogP contribution in [0.5, 0.6) is 0 Å². The second kappa shape index (κ2) is 16.4. The summed E-state index contributed by atoms with van der Waals surface area (Å²) in [6.07, 6.45) is 3.07. The number of carbonyl (C=O) groups is 1. The largest absolute Gasteiger partial charge is 0.460 e. The van der Waals surface area contributed by atoms with E-state index in [1.54, 1.807) is 24.3 Å². The highest BCUT2D eigenvalue weighted by atomic mass is 35.5. The van der Waals surface area contributed by atoms with Gasteiger partial charge < -0.3 is 31.0 Å². The minimum absolute atomic E-state index is 0.171. The van der Waals surface area contributed by atoms with Gasteiger partial charge in [-0.2, -0.15) is 5.26 Å². The summed E-state index contributed by atoms with van der Waals surface area (Å²) in [6.45, 7) is 8.32. The number of nitrogens with zero attached hydrogens (tertiary/aromatic N) is 1. The van der Waals surface area contributed by atoms with Gasteiger partial charge in [-0.15, -0.1) is 0 Å². The van der Waals surface area contributed by atoms with Crippen LogP contribution < -0.4 is 26.6 Å². The van der Waals surface area contributed by atoms with Gasteiger partial charge in [0.25, 0.3) is 5.91 Å². The molecule has 1 aliphatic heterocycles. The molecule has 5 N–H and O–H groups in total. The van der Waals surface area contributed by atoms with E-state index in [-0.39, 0.29) is 11.9 Å². The Labute approximate surface area is 276 Å². The molecule has 2 unspecified atom stereocenters. The normalized spacial score (nSPS) is 14.7. The van der Waals surface area contributed by atoms with Crippen molar-refractivity contribution >= 4 is 23.2 Å². The van der Waals surface area contributed by atoms with E-state index in [9.17, 15) is 10.1 Å². The molecule has 0 aliphatic carbocycles. The smallest absolute Gasteiger partial charge is 0.254 e. The molecule has 0 radical (unpaired) electrons. The Bertz CT molecular complexity index is 1610. The first-order valence-corrected chi connectivity index (χ1v) is 16.4. The maximum absolute atomic E-state index is 13.6. The fraction of sp³-hybridized carbons (Fsp3) is 0.351. The van der Waals surface area contributed by atoms with Crippen molar-refractivity contribution in [3.8, 4) is 17.4 Å². The molecule has 2 heterocycles.